The minimum atomic E-state index is -0.799. The number of nitro benzene ring substituents is 1. The van der Waals surface area contributed by atoms with Gasteiger partial charge in [-0.3, -0.25) is 10.1 Å². The van der Waals surface area contributed by atoms with Crippen LogP contribution in [0.1, 0.15) is 10.4 Å². The van der Waals surface area contributed by atoms with Crippen molar-refractivity contribution in [1.82, 2.24) is 0 Å². The highest BCUT2D eigenvalue weighted by atomic mass is 32.2. The van der Waals surface area contributed by atoms with Gasteiger partial charge >= 0.3 is 5.97 Å². The van der Waals surface area contributed by atoms with Crippen LogP contribution in [-0.2, 0) is 4.74 Å². The number of ether oxygens (including phenoxy) is 1. The Hall–Kier alpha value is -2.07. The topological polar surface area (TPSA) is 93.2 Å². The Bertz CT molecular complexity index is 481. The van der Waals surface area contributed by atoms with Crippen molar-refractivity contribution in [2.45, 2.75) is 4.90 Å². The van der Waals surface area contributed by atoms with Gasteiger partial charge in [0.1, 0.15) is 11.0 Å². The maximum absolute atomic E-state index is 11.3. The number of nitro groups is 1. The molecule has 0 aliphatic rings. The summed E-state index contributed by atoms with van der Waals surface area (Å²) >= 11 is 0.813. The van der Waals surface area contributed by atoms with Crippen LogP contribution in [0.5, 0.6) is 0 Å². The second kappa shape index (κ2) is 5.14. The number of carbonyl (C=O) groups is 1. The predicted molar refractivity (Wildman–Crippen MR) is 55.9 cm³/mol. The quantitative estimate of drug-likeness (QED) is 0.262. The lowest BCUT2D eigenvalue weighted by atomic mass is 10.2. The zero-order valence-corrected chi connectivity index (χ0v) is 8.98. The van der Waals surface area contributed by atoms with Crippen molar-refractivity contribution in [2.24, 2.45) is 0 Å². The maximum Gasteiger partial charge on any atom is 0.344 e. The second-order valence-electron chi connectivity index (χ2n) is 2.62. The fraction of sp³-hybridized carbons (Fsp3) is 0.111. The van der Waals surface area contributed by atoms with Crippen LogP contribution in [0.4, 0.5) is 5.69 Å². The van der Waals surface area contributed by atoms with Crippen LogP contribution in [0.25, 0.3) is 0 Å². The number of thioether (sulfide) groups is 1. The molecule has 1 aromatic rings. The first-order chi connectivity index (χ1) is 7.60. The smallest absolute Gasteiger partial charge is 0.344 e. The van der Waals surface area contributed by atoms with Gasteiger partial charge in [-0.15, -0.1) is 0 Å². The van der Waals surface area contributed by atoms with E-state index in [1.54, 1.807) is 0 Å². The number of hydrogen-bond donors (Lipinski definition) is 0. The number of nitrogens with zero attached hydrogens (tertiary/aromatic N) is 2. The first-order valence-electron chi connectivity index (χ1n) is 4.03. The Morgan fingerprint density at radius 3 is 2.81 bits per heavy atom. The highest BCUT2D eigenvalue weighted by molar-refractivity contribution is 8.03. The van der Waals surface area contributed by atoms with Gasteiger partial charge < -0.3 is 4.74 Å². The van der Waals surface area contributed by atoms with Crippen LogP contribution >= 0.6 is 11.8 Å². The number of esters is 1. The van der Waals surface area contributed by atoms with Gasteiger partial charge in [-0.2, -0.15) is 5.26 Å². The molecule has 0 saturated heterocycles. The zero-order chi connectivity index (χ0) is 12.1. The summed E-state index contributed by atoms with van der Waals surface area (Å²) in [6, 6.07) is 3.84. The van der Waals surface area contributed by atoms with Crippen LogP contribution in [0, 0.1) is 20.8 Å². The Labute approximate surface area is 95.0 Å². The van der Waals surface area contributed by atoms with Gasteiger partial charge in [0.25, 0.3) is 5.69 Å². The highest BCUT2D eigenvalue weighted by Gasteiger charge is 2.21. The number of carbonyl (C=O) groups excluding carboxylic acids is 1. The highest BCUT2D eigenvalue weighted by Crippen LogP contribution is 2.25. The molecule has 1 aromatic carbocycles. The van der Waals surface area contributed by atoms with Crippen LogP contribution < -0.4 is 0 Å². The Balaban J connectivity index is 3.27. The zero-order valence-electron chi connectivity index (χ0n) is 8.17. The van der Waals surface area contributed by atoms with Gasteiger partial charge in [0, 0.05) is 11.0 Å². The third-order valence-electron chi connectivity index (χ3n) is 1.73. The lowest BCUT2D eigenvalue weighted by Gasteiger charge is -2.02. The number of hydrogen-bond acceptors (Lipinski definition) is 6. The average molecular weight is 238 g/mol. The molecule has 82 valence electrons. The van der Waals surface area contributed by atoms with Gasteiger partial charge in [-0.1, -0.05) is 0 Å². The molecule has 0 aromatic heterocycles. The number of thiocyanates is 1. The van der Waals surface area contributed by atoms with Crippen LogP contribution in [-0.4, -0.2) is 18.0 Å². The van der Waals surface area contributed by atoms with Gasteiger partial charge in [0.15, 0.2) is 0 Å². The van der Waals surface area contributed by atoms with Gasteiger partial charge in [0.2, 0.25) is 0 Å². The van der Waals surface area contributed by atoms with E-state index in [0.717, 1.165) is 18.9 Å². The molecule has 0 radical (unpaired) electrons. The maximum atomic E-state index is 11.3. The molecule has 0 saturated carbocycles. The molecule has 0 amide bonds. The van der Waals surface area contributed by atoms with E-state index in [9.17, 15) is 14.9 Å². The molecule has 0 aliphatic heterocycles. The molecule has 16 heavy (non-hydrogen) atoms. The molecule has 0 spiro atoms. The third-order valence-corrected chi connectivity index (χ3v) is 2.31. The van der Waals surface area contributed by atoms with Crippen molar-refractivity contribution >= 4 is 23.4 Å². The van der Waals surface area contributed by atoms with E-state index in [1.165, 1.54) is 18.2 Å². The molecular weight excluding hydrogens is 232 g/mol. The summed E-state index contributed by atoms with van der Waals surface area (Å²) in [6.45, 7) is 0. The van der Waals surface area contributed by atoms with E-state index in [0.29, 0.717) is 4.90 Å². The van der Waals surface area contributed by atoms with E-state index in [-0.39, 0.29) is 11.3 Å². The molecule has 0 heterocycles. The number of rotatable bonds is 3. The molecule has 0 aliphatic carbocycles. The summed E-state index contributed by atoms with van der Waals surface area (Å²) in [7, 11) is 1.14. The van der Waals surface area contributed by atoms with E-state index >= 15 is 0 Å². The van der Waals surface area contributed by atoms with Gasteiger partial charge in [-0.05, 0) is 23.9 Å². The largest absolute Gasteiger partial charge is 0.465 e. The molecular formula is C9H6N2O4S. The Morgan fingerprint density at radius 2 is 2.31 bits per heavy atom. The number of methoxy groups -OCH3 is 1. The Morgan fingerprint density at radius 1 is 1.62 bits per heavy atom. The van der Waals surface area contributed by atoms with Crippen molar-refractivity contribution in [2.75, 3.05) is 7.11 Å². The predicted octanol–water partition coefficient (Wildman–Crippen LogP) is 1.95. The standard InChI is InChI=1S/C9H6N2O4S/c1-15-9(12)7-4-6(16-5-10)2-3-8(7)11(13)14/h2-4H,1H3. The molecule has 0 unspecified atom stereocenters. The molecule has 0 N–H and O–H groups in total. The lowest BCUT2D eigenvalue weighted by Crippen LogP contribution is -2.05. The summed E-state index contributed by atoms with van der Waals surface area (Å²) in [5.41, 5.74) is -0.498. The molecule has 7 heteroatoms. The van der Waals surface area contributed by atoms with Crippen LogP contribution in [0.3, 0.4) is 0 Å². The lowest BCUT2D eigenvalue weighted by molar-refractivity contribution is -0.385. The summed E-state index contributed by atoms with van der Waals surface area (Å²) in [6.07, 6.45) is 0. The monoisotopic (exact) mass is 238 g/mol. The van der Waals surface area contributed by atoms with Crippen molar-refractivity contribution in [3.63, 3.8) is 0 Å². The minimum absolute atomic E-state index is 0.159. The van der Waals surface area contributed by atoms with Gasteiger partial charge in [0.05, 0.1) is 12.0 Å². The number of benzene rings is 1. The first-order valence-corrected chi connectivity index (χ1v) is 4.84. The number of nitriles is 1. The normalized spacial score (nSPS) is 9.25. The summed E-state index contributed by atoms with van der Waals surface area (Å²) < 4.78 is 4.42. The van der Waals surface area contributed by atoms with E-state index < -0.39 is 10.9 Å². The van der Waals surface area contributed by atoms with E-state index in [1.807, 2.05) is 5.40 Å². The van der Waals surface area contributed by atoms with Crippen molar-refractivity contribution < 1.29 is 14.5 Å². The molecule has 0 bridgehead atoms. The van der Waals surface area contributed by atoms with Crippen molar-refractivity contribution in [3.05, 3.63) is 33.9 Å². The summed E-state index contributed by atoms with van der Waals surface area (Å²) in [5.74, 6) is -0.799. The third kappa shape index (κ3) is 2.49. The van der Waals surface area contributed by atoms with E-state index in [2.05, 4.69) is 4.74 Å². The average Bonchev–Trinajstić information content (AvgIpc) is 2.28. The summed E-state index contributed by atoms with van der Waals surface area (Å²) in [4.78, 5) is 21.7. The van der Waals surface area contributed by atoms with Crippen LogP contribution in [0.15, 0.2) is 23.1 Å². The molecule has 0 fully saturated rings. The second-order valence-corrected chi connectivity index (χ2v) is 3.48. The molecule has 6 nitrogen and oxygen atoms in total. The van der Waals surface area contributed by atoms with Crippen molar-refractivity contribution in [3.8, 4) is 5.40 Å². The van der Waals surface area contributed by atoms with Crippen LogP contribution in [0.2, 0.25) is 0 Å². The van der Waals surface area contributed by atoms with Gasteiger partial charge in [-0.25, -0.2) is 4.79 Å². The SMILES string of the molecule is COC(=O)c1cc(SC#N)ccc1[N+](=O)[O-]. The minimum Gasteiger partial charge on any atom is -0.465 e. The Kier molecular flexibility index (Phi) is 3.85. The van der Waals surface area contributed by atoms with Crippen molar-refractivity contribution in [1.29, 1.82) is 5.26 Å². The molecule has 1 rings (SSSR count). The molecule has 0 atom stereocenters. The fourth-order valence-electron chi connectivity index (χ4n) is 1.06. The first kappa shape index (κ1) is 12.0. The summed E-state index contributed by atoms with van der Waals surface area (Å²) in [5, 5.41) is 20.9. The fourth-order valence-corrected chi connectivity index (χ4v) is 1.48. The van der Waals surface area contributed by atoms with E-state index in [4.69, 9.17) is 5.26 Å².